The normalized spacial score (nSPS) is 11.5. The van der Waals surface area contributed by atoms with Gasteiger partial charge in [0.2, 0.25) is 0 Å². The Labute approximate surface area is 135 Å². The van der Waals surface area contributed by atoms with E-state index >= 15 is 0 Å². The Morgan fingerprint density at radius 2 is 1.71 bits per heavy atom. The molecular weight excluding hydrogens is 325 g/mol. The molecule has 0 aliphatic carbocycles. The number of halogens is 3. The van der Waals surface area contributed by atoms with Crippen LogP contribution in [0, 0.1) is 17.5 Å². The minimum Gasteiger partial charge on any atom is -0.478 e. The zero-order chi connectivity index (χ0) is 17.7. The molecule has 0 aliphatic heterocycles. The van der Waals surface area contributed by atoms with Crippen LogP contribution in [0.5, 0.6) is 5.75 Å². The summed E-state index contributed by atoms with van der Waals surface area (Å²) in [6.45, 7) is 1.34. The van der Waals surface area contributed by atoms with E-state index in [1.165, 1.54) is 31.2 Å². The molecule has 0 radical (unpaired) electrons. The number of benzene rings is 2. The molecule has 2 aromatic rings. The van der Waals surface area contributed by atoms with Crippen molar-refractivity contribution in [3.63, 3.8) is 0 Å². The molecule has 8 heteroatoms. The van der Waals surface area contributed by atoms with Gasteiger partial charge < -0.3 is 4.74 Å². The minimum atomic E-state index is -1.12. The van der Waals surface area contributed by atoms with Crippen molar-refractivity contribution in [1.82, 2.24) is 10.9 Å². The van der Waals surface area contributed by atoms with Gasteiger partial charge in [0.05, 0.1) is 5.56 Å². The summed E-state index contributed by atoms with van der Waals surface area (Å²) < 4.78 is 44.8. The van der Waals surface area contributed by atoms with E-state index in [1.807, 2.05) is 10.9 Å². The van der Waals surface area contributed by atoms with E-state index in [-0.39, 0.29) is 5.75 Å². The number of carbonyl (C=O) groups is 2. The maximum absolute atomic E-state index is 13.4. The van der Waals surface area contributed by atoms with Crippen molar-refractivity contribution in [2.45, 2.75) is 13.0 Å². The third kappa shape index (κ3) is 4.25. The first-order chi connectivity index (χ1) is 11.4. The van der Waals surface area contributed by atoms with Gasteiger partial charge in [-0.2, -0.15) is 0 Å². The molecule has 0 bridgehead atoms. The van der Waals surface area contributed by atoms with Crippen molar-refractivity contribution in [3.05, 3.63) is 65.5 Å². The first-order valence-electron chi connectivity index (χ1n) is 6.85. The molecule has 0 saturated heterocycles. The second-order valence-corrected chi connectivity index (χ2v) is 4.76. The molecule has 1 atom stereocenters. The monoisotopic (exact) mass is 338 g/mol. The average Bonchev–Trinajstić information content (AvgIpc) is 2.54. The number of nitrogens with one attached hydrogen (secondary N) is 2. The van der Waals surface area contributed by atoms with Gasteiger partial charge in [-0.3, -0.25) is 20.4 Å². The molecular formula is C16H13F3N2O3. The van der Waals surface area contributed by atoms with Gasteiger partial charge in [0.25, 0.3) is 11.8 Å². The zero-order valence-corrected chi connectivity index (χ0v) is 12.5. The van der Waals surface area contributed by atoms with Crippen molar-refractivity contribution in [2.75, 3.05) is 0 Å². The quantitative estimate of drug-likeness (QED) is 0.841. The summed E-state index contributed by atoms with van der Waals surface area (Å²) in [5.41, 5.74) is 3.54. The maximum Gasteiger partial charge on any atom is 0.279 e. The van der Waals surface area contributed by atoms with E-state index in [9.17, 15) is 22.8 Å². The first kappa shape index (κ1) is 17.3. The Hall–Kier alpha value is -3.03. The maximum atomic E-state index is 13.4. The number of amides is 2. The lowest BCUT2D eigenvalue weighted by Gasteiger charge is -2.15. The van der Waals surface area contributed by atoms with Gasteiger partial charge in [-0.05, 0) is 31.2 Å². The van der Waals surface area contributed by atoms with E-state index in [1.54, 1.807) is 0 Å². The highest BCUT2D eigenvalue weighted by Crippen LogP contribution is 2.17. The summed E-state index contributed by atoms with van der Waals surface area (Å²) in [5.74, 6) is -4.43. The third-order valence-electron chi connectivity index (χ3n) is 2.98. The van der Waals surface area contributed by atoms with Gasteiger partial charge in [-0.1, -0.05) is 12.1 Å². The molecule has 0 heterocycles. The molecule has 0 fully saturated rings. The first-order valence-corrected chi connectivity index (χ1v) is 6.85. The van der Waals surface area contributed by atoms with E-state index in [4.69, 9.17) is 4.74 Å². The molecule has 0 saturated carbocycles. The van der Waals surface area contributed by atoms with E-state index in [0.717, 1.165) is 12.1 Å². The van der Waals surface area contributed by atoms with Crippen molar-refractivity contribution in [1.29, 1.82) is 0 Å². The molecule has 2 amide bonds. The van der Waals surface area contributed by atoms with Crippen molar-refractivity contribution < 1.29 is 27.5 Å². The number of para-hydroxylation sites is 1. The summed E-state index contributed by atoms with van der Waals surface area (Å²) >= 11 is 0. The summed E-state index contributed by atoms with van der Waals surface area (Å²) in [5, 5.41) is 0. The van der Waals surface area contributed by atoms with E-state index < -0.39 is 40.9 Å². The predicted molar refractivity (Wildman–Crippen MR) is 78.5 cm³/mol. The fourth-order valence-corrected chi connectivity index (χ4v) is 1.75. The van der Waals surface area contributed by atoms with Crippen LogP contribution in [-0.2, 0) is 4.79 Å². The summed E-state index contributed by atoms with van der Waals surface area (Å²) in [6, 6.07) is 7.88. The van der Waals surface area contributed by atoms with Gasteiger partial charge in [0.1, 0.15) is 11.6 Å². The Bertz CT molecular complexity index is 768. The van der Waals surface area contributed by atoms with Crippen LogP contribution in [-0.4, -0.2) is 17.9 Å². The van der Waals surface area contributed by atoms with E-state index in [0.29, 0.717) is 6.07 Å². The van der Waals surface area contributed by atoms with Crippen LogP contribution in [0.4, 0.5) is 13.2 Å². The van der Waals surface area contributed by atoms with Crippen LogP contribution in [0.3, 0.4) is 0 Å². The molecule has 24 heavy (non-hydrogen) atoms. The standard InChI is InChI=1S/C16H13F3N2O3/c1-9(24-14-5-3-2-4-12(14)18)15(22)20-21-16(23)11-7-6-10(17)8-13(11)19/h2-9H,1H3,(H,20,22)(H,21,23)/t9-/m1/s1. The Balaban J connectivity index is 1.92. The minimum absolute atomic E-state index is 0.129. The summed E-state index contributed by atoms with van der Waals surface area (Å²) in [6.07, 6.45) is -1.12. The largest absolute Gasteiger partial charge is 0.478 e. The fraction of sp³-hybridized carbons (Fsp3) is 0.125. The van der Waals surface area contributed by atoms with Crippen LogP contribution in [0.2, 0.25) is 0 Å². The number of ether oxygens (including phenoxy) is 1. The fourth-order valence-electron chi connectivity index (χ4n) is 1.75. The van der Waals surface area contributed by atoms with Crippen LogP contribution in [0.25, 0.3) is 0 Å². The van der Waals surface area contributed by atoms with Crippen molar-refractivity contribution >= 4 is 11.8 Å². The lowest BCUT2D eigenvalue weighted by Crippen LogP contribution is -2.47. The topological polar surface area (TPSA) is 67.4 Å². The molecule has 2 N–H and O–H groups in total. The van der Waals surface area contributed by atoms with Crippen LogP contribution in [0.1, 0.15) is 17.3 Å². The van der Waals surface area contributed by atoms with Crippen molar-refractivity contribution in [2.24, 2.45) is 0 Å². The van der Waals surface area contributed by atoms with Crippen LogP contribution in [0.15, 0.2) is 42.5 Å². The van der Waals surface area contributed by atoms with Crippen molar-refractivity contribution in [3.8, 4) is 5.75 Å². The number of rotatable bonds is 4. The Kier molecular flexibility index (Phi) is 5.41. The van der Waals surface area contributed by atoms with Crippen LogP contribution >= 0.6 is 0 Å². The van der Waals surface area contributed by atoms with E-state index in [2.05, 4.69) is 0 Å². The second kappa shape index (κ2) is 7.49. The molecule has 126 valence electrons. The second-order valence-electron chi connectivity index (χ2n) is 4.76. The number of hydrogen-bond donors (Lipinski definition) is 2. The van der Waals surface area contributed by atoms with Gasteiger partial charge in [0, 0.05) is 6.07 Å². The molecule has 0 aliphatic rings. The van der Waals surface area contributed by atoms with Gasteiger partial charge in [0.15, 0.2) is 17.7 Å². The molecule has 2 aromatic carbocycles. The zero-order valence-electron chi connectivity index (χ0n) is 12.5. The number of hydrogen-bond acceptors (Lipinski definition) is 3. The Morgan fingerprint density at radius 1 is 1.00 bits per heavy atom. The number of carbonyl (C=O) groups excluding carboxylic acids is 2. The van der Waals surface area contributed by atoms with Gasteiger partial charge in [-0.15, -0.1) is 0 Å². The molecule has 0 unspecified atom stereocenters. The lowest BCUT2D eigenvalue weighted by atomic mass is 10.2. The number of hydrazine groups is 1. The Morgan fingerprint density at radius 3 is 2.38 bits per heavy atom. The molecule has 2 rings (SSSR count). The van der Waals surface area contributed by atoms with Gasteiger partial charge >= 0.3 is 0 Å². The highest BCUT2D eigenvalue weighted by Gasteiger charge is 2.18. The SMILES string of the molecule is C[C@@H](Oc1ccccc1F)C(=O)NNC(=O)c1ccc(F)cc1F. The highest BCUT2D eigenvalue weighted by atomic mass is 19.1. The third-order valence-corrected chi connectivity index (χ3v) is 2.98. The molecule has 5 nitrogen and oxygen atoms in total. The summed E-state index contributed by atoms with van der Waals surface area (Å²) in [4.78, 5) is 23.5. The summed E-state index contributed by atoms with van der Waals surface area (Å²) in [7, 11) is 0. The van der Waals surface area contributed by atoms with Gasteiger partial charge in [-0.25, -0.2) is 13.2 Å². The molecule has 0 aromatic heterocycles. The predicted octanol–water partition coefficient (Wildman–Crippen LogP) is 2.33. The average molecular weight is 338 g/mol. The smallest absolute Gasteiger partial charge is 0.279 e. The van der Waals surface area contributed by atoms with Crippen LogP contribution < -0.4 is 15.6 Å². The molecule has 0 spiro atoms. The highest BCUT2D eigenvalue weighted by molar-refractivity contribution is 5.96. The lowest BCUT2D eigenvalue weighted by molar-refractivity contribution is -0.128.